The molecule has 1 aliphatic rings. The molecule has 0 bridgehead atoms. The molecule has 0 saturated carbocycles. The van der Waals surface area contributed by atoms with E-state index in [-0.39, 0.29) is 13.0 Å². The molecule has 8 heteroatoms. The molecule has 0 aromatic rings. The highest BCUT2D eigenvalue weighted by molar-refractivity contribution is 5.82. The molecule has 2 N–H and O–H groups in total. The largest absolute Gasteiger partial charge is 0.480 e. The predicted molar refractivity (Wildman–Crippen MR) is 68.2 cm³/mol. The number of amides is 2. The number of methoxy groups -OCH3 is 1. The zero-order valence-electron chi connectivity index (χ0n) is 11.6. The molecule has 0 aliphatic carbocycles. The molecule has 20 heavy (non-hydrogen) atoms. The highest BCUT2D eigenvalue weighted by Gasteiger charge is 2.28. The van der Waals surface area contributed by atoms with E-state index in [9.17, 15) is 14.4 Å². The SMILES string of the molecule is CC[C@@H](NC(=O)N1CCOC(CC(=O)OC)C1)C(=O)O. The minimum Gasteiger partial charge on any atom is -0.480 e. The van der Waals surface area contributed by atoms with E-state index in [2.05, 4.69) is 10.1 Å². The molecule has 1 fully saturated rings. The predicted octanol–water partition coefficient (Wildman–Crippen LogP) is -0.177. The standard InChI is InChI=1S/C12H20N2O6/c1-3-9(11(16)17)13-12(18)14-4-5-20-8(7-14)6-10(15)19-2/h8-9H,3-7H2,1-2H3,(H,13,18)(H,16,17)/t8?,9-/m1/s1. The lowest BCUT2D eigenvalue weighted by molar-refractivity contribution is -0.145. The van der Waals surface area contributed by atoms with Crippen molar-refractivity contribution in [2.45, 2.75) is 31.9 Å². The summed E-state index contributed by atoms with van der Waals surface area (Å²) in [6, 6.07) is -1.37. The Bertz CT molecular complexity index is 373. The molecule has 8 nitrogen and oxygen atoms in total. The van der Waals surface area contributed by atoms with Gasteiger partial charge in [-0.05, 0) is 6.42 Å². The van der Waals surface area contributed by atoms with Gasteiger partial charge in [0.15, 0.2) is 0 Å². The summed E-state index contributed by atoms with van der Waals surface area (Å²) in [5, 5.41) is 11.3. The summed E-state index contributed by atoms with van der Waals surface area (Å²) in [6.07, 6.45) is -0.0557. The van der Waals surface area contributed by atoms with Gasteiger partial charge in [0.1, 0.15) is 6.04 Å². The Morgan fingerprint density at radius 1 is 1.50 bits per heavy atom. The third kappa shape index (κ3) is 4.69. The van der Waals surface area contributed by atoms with Crippen LogP contribution in [-0.2, 0) is 19.1 Å². The fourth-order valence-electron chi connectivity index (χ4n) is 1.88. The highest BCUT2D eigenvalue weighted by Crippen LogP contribution is 2.10. The molecule has 0 aromatic heterocycles. The molecule has 1 saturated heterocycles. The number of nitrogens with zero attached hydrogens (tertiary/aromatic N) is 1. The molecule has 2 atom stereocenters. The van der Waals surface area contributed by atoms with Gasteiger partial charge in [0, 0.05) is 13.1 Å². The molecule has 1 aliphatic heterocycles. The van der Waals surface area contributed by atoms with E-state index >= 15 is 0 Å². The van der Waals surface area contributed by atoms with Gasteiger partial charge in [-0.3, -0.25) is 4.79 Å². The lowest BCUT2D eigenvalue weighted by Gasteiger charge is -2.33. The van der Waals surface area contributed by atoms with Crippen molar-refractivity contribution in [1.29, 1.82) is 0 Å². The Morgan fingerprint density at radius 2 is 2.20 bits per heavy atom. The first-order valence-electron chi connectivity index (χ1n) is 6.44. The van der Waals surface area contributed by atoms with Gasteiger partial charge in [-0.15, -0.1) is 0 Å². The number of carboxylic acids is 1. The molecule has 1 unspecified atom stereocenters. The number of carbonyl (C=O) groups excluding carboxylic acids is 2. The van der Waals surface area contributed by atoms with Crippen LogP contribution in [0.1, 0.15) is 19.8 Å². The number of urea groups is 1. The summed E-state index contributed by atoms with van der Waals surface area (Å²) in [6.45, 7) is 2.58. The van der Waals surface area contributed by atoms with E-state index in [1.165, 1.54) is 12.0 Å². The molecule has 0 radical (unpaired) electrons. The van der Waals surface area contributed by atoms with Crippen molar-refractivity contribution in [2.24, 2.45) is 0 Å². The maximum Gasteiger partial charge on any atom is 0.326 e. The van der Waals surface area contributed by atoms with Gasteiger partial charge >= 0.3 is 18.0 Å². The van der Waals surface area contributed by atoms with Crippen LogP contribution in [0.2, 0.25) is 0 Å². The first-order valence-corrected chi connectivity index (χ1v) is 6.44. The molecule has 1 heterocycles. The van der Waals surface area contributed by atoms with Crippen molar-refractivity contribution in [3.05, 3.63) is 0 Å². The van der Waals surface area contributed by atoms with Crippen LogP contribution in [-0.4, -0.2) is 66.9 Å². The van der Waals surface area contributed by atoms with Crippen molar-refractivity contribution < 1.29 is 29.0 Å². The second kappa shape index (κ2) is 7.68. The molecular weight excluding hydrogens is 268 g/mol. The Labute approximate surface area is 117 Å². The molecule has 0 spiro atoms. The third-order valence-electron chi connectivity index (χ3n) is 3.05. The Hall–Kier alpha value is -1.83. The smallest absolute Gasteiger partial charge is 0.326 e. The van der Waals surface area contributed by atoms with E-state index in [4.69, 9.17) is 9.84 Å². The maximum atomic E-state index is 12.0. The number of carbonyl (C=O) groups is 3. The number of carboxylic acid groups (broad SMARTS) is 1. The topological polar surface area (TPSA) is 105 Å². The molecule has 1 rings (SSSR count). The first kappa shape index (κ1) is 16.2. The quantitative estimate of drug-likeness (QED) is 0.680. The minimum atomic E-state index is -1.07. The average Bonchev–Trinajstić information content (AvgIpc) is 2.44. The van der Waals surface area contributed by atoms with Gasteiger partial charge in [0.25, 0.3) is 0 Å². The highest BCUT2D eigenvalue weighted by atomic mass is 16.5. The van der Waals surface area contributed by atoms with E-state index in [1.807, 2.05) is 0 Å². The molecular formula is C12H20N2O6. The van der Waals surface area contributed by atoms with Crippen LogP contribution < -0.4 is 5.32 Å². The van der Waals surface area contributed by atoms with Gasteiger partial charge in [0.2, 0.25) is 0 Å². The zero-order chi connectivity index (χ0) is 15.1. The molecule has 114 valence electrons. The number of hydrogen-bond donors (Lipinski definition) is 2. The number of hydrogen-bond acceptors (Lipinski definition) is 5. The Balaban J connectivity index is 2.51. The second-order valence-corrected chi connectivity index (χ2v) is 4.47. The van der Waals surface area contributed by atoms with Gasteiger partial charge in [-0.25, -0.2) is 9.59 Å². The summed E-state index contributed by atoms with van der Waals surface area (Å²) >= 11 is 0. The fraction of sp³-hybridized carbons (Fsp3) is 0.750. The van der Waals surface area contributed by atoms with Crippen molar-refractivity contribution in [3.63, 3.8) is 0 Å². The van der Waals surface area contributed by atoms with Crippen LogP contribution >= 0.6 is 0 Å². The van der Waals surface area contributed by atoms with E-state index in [1.54, 1.807) is 6.92 Å². The van der Waals surface area contributed by atoms with E-state index in [0.717, 1.165) is 0 Å². The Kier molecular flexibility index (Phi) is 6.23. The number of esters is 1. The number of morpholine rings is 1. The van der Waals surface area contributed by atoms with Crippen LogP contribution in [0, 0.1) is 0 Å². The lowest BCUT2D eigenvalue weighted by Crippen LogP contribution is -2.53. The van der Waals surface area contributed by atoms with Crippen LogP contribution in [0.4, 0.5) is 4.79 Å². The van der Waals surface area contributed by atoms with Crippen molar-refractivity contribution in [3.8, 4) is 0 Å². The van der Waals surface area contributed by atoms with Crippen molar-refractivity contribution >= 4 is 18.0 Å². The normalized spacial score (nSPS) is 20.1. The van der Waals surface area contributed by atoms with E-state index < -0.39 is 30.1 Å². The van der Waals surface area contributed by atoms with Gasteiger partial charge in [-0.2, -0.15) is 0 Å². The summed E-state index contributed by atoms with van der Waals surface area (Å²) < 4.78 is 9.92. The van der Waals surface area contributed by atoms with Crippen molar-refractivity contribution in [1.82, 2.24) is 10.2 Å². The number of aliphatic carboxylic acids is 1. The van der Waals surface area contributed by atoms with Gasteiger partial charge in [-0.1, -0.05) is 6.92 Å². The number of ether oxygens (including phenoxy) is 2. The second-order valence-electron chi connectivity index (χ2n) is 4.47. The average molecular weight is 288 g/mol. The summed E-state index contributed by atoms with van der Waals surface area (Å²) in [4.78, 5) is 35.4. The number of rotatable bonds is 5. The van der Waals surface area contributed by atoms with Crippen molar-refractivity contribution in [2.75, 3.05) is 26.8 Å². The van der Waals surface area contributed by atoms with Crippen LogP contribution in [0.15, 0.2) is 0 Å². The van der Waals surface area contributed by atoms with Gasteiger partial charge in [0.05, 0.1) is 26.2 Å². The summed E-state index contributed by atoms with van der Waals surface area (Å²) in [5.41, 5.74) is 0. The Morgan fingerprint density at radius 3 is 2.75 bits per heavy atom. The summed E-state index contributed by atoms with van der Waals surface area (Å²) in [7, 11) is 1.29. The minimum absolute atomic E-state index is 0.0659. The van der Waals surface area contributed by atoms with E-state index in [0.29, 0.717) is 19.6 Å². The van der Waals surface area contributed by atoms with Crippen LogP contribution in [0.5, 0.6) is 0 Å². The first-order chi connectivity index (χ1) is 9.47. The zero-order valence-corrected chi connectivity index (χ0v) is 11.6. The van der Waals surface area contributed by atoms with Crippen LogP contribution in [0.3, 0.4) is 0 Å². The number of nitrogens with one attached hydrogen (secondary N) is 1. The fourth-order valence-corrected chi connectivity index (χ4v) is 1.88. The lowest BCUT2D eigenvalue weighted by atomic mass is 10.2. The van der Waals surface area contributed by atoms with Gasteiger partial charge < -0.3 is 24.8 Å². The monoisotopic (exact) mass is 288 g/mol. The molecule has 2 amide bonds. The third-order valence-corrected chi connectivity index (χ3v) is 3.05. The summed E-state index contributed by atoms with van der Waals surface area (Å²) in [5.74, 6) is -1.48. The maximum absolute atomic E-state index is 12.0. The van der Waals surface area contributed by atoms with Crippen LogP contribution in [0.25, 0.3) is 0 Å². The molecule has 0 aromatic carbocycles.